The summed E-state index contributed by atoms with van der Waals surface area (Å²) >= 11 is 5.08. The Morgan fingerprint density at radius 1 is 1.28 bits per heavy atom. The Bertz CT molecular complexity index is 954. The molecule has 0 saturated carbocycles. The molecule has 1 amide bonds. The van der Waals surface area contributed by atoms with Crippen LogP contribution in [-0.4, -0.2) is 29.5 Å². The molecule has 2 heterocycles. The minimum atomic E-state index is -0.0794. The molecule has 3 aromatic rings. The first kappa shape index (κ1) is 17.8. The lowest BCUT2D eigenvalue weighted by Gasteiger charge is -2.19. The number of aromatic nitrogens is 2. The van der Waals surface area contributed by atoms with Crippen LogP contribution in [0.1, 0.15) is 16.0 Å². The van der Waals surface area contributed by atoms with E-state index in [0.717, 1.165) is 31.8 Å². The lowest BCUT2D eigenvalue weighted by Crippen LogP contribution is -2.31. The fraction of sp³-hybridized carbons (Fsp3) is 0.278. The van der Waals surface area contributed by atoms with E-state index in [0.29, 0.717) is 0 Å². The fourth-order valence-corrected chi connectivity index (χ4v) is 4.17. The summed E-state index contributed by atoms with van der Waals surface area (Å²) in [5, 5.41) is 3.99. The lowest BCUT2D eigenvalue weighted by atomic mass is 10.2. The number of carbonyl (C=O) groups excluding carboxylic acids is 1. The second-order valence-corrected chi connectivity index (χ2v) is 8.14. The molecule has 0 aliphatic carbocycles. The van der Waals surface area contributed by atoms with Crippen LogP contribution in [0, 0.1) is 20.8 Å². The number of carbonyl (C=O) groups is 1. The molecule has 0 saturated heterocycles. The van der Waals surface area contributed by atoms with E-state index in [2.05, 4.69) is 45.1 Å². The Labute approximate surface area is 159 Å². The number of amides is 1. The Hall–Kier alpha value is -1.99. The molecule has 0 spiro atoms. The van der Waals surface area contributed by atoms with Crippen LogP contribution in [0.15, 0.2) is 29.0 Å². The maximum Gasteiger partial charge on any atom is 0.243 e. The molecule has 0 aliphatic rings. The van der Waals surface area contributed by atoms with E-state index in [1.165, 1.54) is 10.4 Å². The lowest BCUT2D eigenvalue weighted by molar-refractivity contribution is -0.114. The quantitative estimate of drug-likeness (QED) is 0.679. The number of hydrogen-bond donors (Lipinski definition) is 1. The first-order valence-corrected chi connectivity index (χ1v) is 9.45. The van der Waals surface area contributed by atoms with E-state index in [4.69, 9.17) is 0 Å². The van der Waals surface area contributed by atoms with E-state index in [1.807, 2.05) is 37.1 Å². The number of thiophene rings is 1. The minimum Gasteiger partial charge on any atom is -0.350 e. The monoisotopic (exact) mass is 418 g/mol. The topological polar surface area (TPSA) is 58.1 Å². The van der Waals surface area contributed by atoms with Crippen LogP contribution in [0.2, 0.25) is 0 Å². The van der Waals surface area contributed by atoms with Crippen molar-refractivity contribution in [2.24, 2.45) is 0 Å². The van der Waals surface area contributed by atoms with Crippen molar-refractivity contribution in [1.29, 1.82) is 0 Å². The predicted octanol–water partition coefficient (Wildman–Crippen LogP) is 4.45. The molecule has 25 heavy (non-hydrogen) atoms. The van der Waals surface area contributed by atoms with Crippen LogP contribution in [0.4, 0.5) is 11.5 Å². The van der Waals surface area contributed by atoms with Gasteiger partial charge in [-0.1, -0.05) is 15.9 Å². The highest BCUT2D eigenvalue weighted by molar-refractivity contribution is 9.10. The van der Waals surface area contributed by atoms with Gasteiger partial charge >= 0.3 is 0 Å². The average molecular weight is 419 g/mol. The van der Waals surface area contributed by atoms with Gasteiger partial charge in [-0.25, -0.2) is 9.97 Å². The number of fused-ring (bicyclic) bond motifs is 1. The van der Waals surface area contributed by atoms with Gasteiger partial charge in [-0.05, 0) is 50.1 Å². The maximum atomic E-state index is 12.5. The summed E-state index contributed by atoms with van der Waals surface area (Å²) in [5.74, 6) is 0.707. The molecular weight excluding hydrogens is 400 g/mol. The summed E-state index contributed by atoms with van der Waals surface area (Å²) in [7, 11) is 1.88. The summed E-state index contributed by atoms with van der Waals surface area (Å²) in [6.45, 7) is 6.33. The molecule has 0 unspecified atom stereocenters. The summed E-state index contributed by atoms with van der Waals surface area (Å²) in [6, 6.07) is 5.79. The molecule has 0 atom stereocenters. The molecule has 3 rings (SSSR count). The van der Waals surface area contributed by atoms with Gasteiger partial charge in [0.05, 0.1) is 11.9 Å². The van der Waals surface area contributed by atoms with Gasteiger partial charge in [0, 0.05) is 22.1 Å². The van der Waals surface area contributed by atoms with Crippen molar-refractivity contribution in [3.05, 3.63) is 45.0 Å². The number of nitrogens with zero attached hydrogens (tertiary/aromatic N) is 3. The highest BCUT2D eigenvalue weighted by Crippen LogP contribution is 2.33. The summed E-state index contributed by atoms with van der Waals surface area (Å²) in [6.07, 6.45) is 1.56. The number of aryl methyl sites for hydroxylation is 3. The smallest absolute Gasteiger partial charge is 0.243 e. The second-order valence-electron chi connectivity index (χ2n) is 6.02. The second kappa shape index (κ2) is 7.09. The van der Waals surface area contributed by atoms with Gasteiger partial charge in [-0.3, -0.25) is 4.79 Å². The van der Waals surface area contributed by atoms with Crippen molar-refractivity contribution in [2.75, 3.05) is 23.8 Å². The molecule has 0 fully saturated rings. The van der Waals surface area contributed by atoms with E-state index < -0.39 is 0 Å². The number of halogens is 1. The van der Waals surface area contributed by atoms with Crippen molar-refractivity contribution in [3.63, 3.8) is 0 Å². The van der Waals surface area contributed by atoms with Gasteiger partial charge in [0.1, 0.15) is 17.0 Å². The van der Waals surface area contributed by atoms with Crippen LogP contribution in [0.25, 0.3) is 10.2 Å². The van der Waals surface area contributed by atoms with E-state index in [9.17, 15) is 4.79 Å². The number of nitrogens with one attached hydrogen (secondary N) is 1. The SMILES string of the molecule is Cc1cc(Br)ccc1NC(=O)CN(C)c1ncnc2sc(C)c(C)c12. The zero-order valence-electron chi connectivity index (χ0n) is 14.6. The number of benzene rings is 1. The summed E-state index contributed by atoms with van der Waals surface area (Å²) < 4.78 is 0.992. The third-order valence-corrected chi connectivity index (χ3v) is 5.76. The van der Waals surface area contributed by atoms with Crippen molar-refractivity contribution >= 4 is 54.9 Å². The Kier molecular flexibility index (Phi) is 5.06. The van der Waals surface area contributed by atoms with Gasteiger partial charge in [-0.2, -0.15) is 0 Å². The van der Waals surface area contributed by atoms with Gasteiger partial charge in [0.2, 0.25) is 5.91 Å². The molecule has 7 heteroatoms. The van der Waals surface area contributed by atoms with Crippen LogP contribution < -0.4 is 10.2 Å². The van der Waals surface area contributed by atoms with Crippen molar-refractivity contribution in [3.8, 4) is 0 Å². The standard InChI is InChI=1S/C18H19BrN4OS/c1-10-7-13(19)5-6-14(10)22-15(24)8-23(4)17-16-11(2)12(3)25-18(16)21-9-20-17/h5-7,9H,8H2,1-4H3,(H,22,24). The third kappa shape index (κ3) is 3.67. The van der Waals surface area contributed by atoms with Crippen LogP contribution in [0.3, 0.4) is 0 Å². The number of rotatable bonds is 4. The van der Waals surface area contributed by atoms with Crippen LogP contribution in [0.5, 0.6) is 0 Å². The number of hydrogen-bond acceptors (Lipinski definition) is 5. The number of likely N-dealkylation sites (N-methyl/N-ethyl adjacent to an activating group) is 1. The largest absolute Gasteiger partial charge is 0.350 e. The zero-order chi connectivity index (χ0) is 18.1. The molecule has 0 radical (unpaired) electrons. The molecule has 0 aliphatic heterocycles. The number of anilines is 2. The van der Waals surface area contributed by atoms with Gasteiger partial charge in [0.15, 0.2) is 0 Å². The Morgan fingerprint density at radius 3 is 2.76 bits per heavy atom. The van der Waals surface area contributed by atoms with Gasteiger partial charge in [0.25, 0.3) is 0 Å². The predicted molar refractivity (Wildman–Crippen MR) is 108 cm³/mol. The molecule has 5 nitrogen and oxygen atoms in total. The van der Waals surface area contributed by atoms with Crippen LogP contribution >= 0.6 is 27.3 Å². The molecule has 2 aromatic heterocycles. The molecule has 130 valence electrons. The molecule has 0 bridgehead atoms. The third-order valence-electron chi connectivity index (χ3n) is 4.15. The molecular formula is C18H19BrN4OS. The van der Waals surface area contributed by atoms with Gasteiger partial charge < -0.3 is 10.2 Å². The first-order valence-electron chi connectivity index (χ1n) is 7.84. The van der Waals surface area contributed by atoms with Crippen molar-refractivity contribution in [1.82, 2.24) is 9.97 Å². The first-order chi connectivity index (χ1) is 11.9. The van der Waals surface area contributed by atoms with E-state index >= 15 is 0 Å². The zero-order valence-corrected chi connectivity index (χ0v) is 17.0. The van der Waals surface area contributed by atoms with E-state index in [-0.39, 0.29) is 12.5 Å². The average Bonchev–Trinajstić information content (AvgIpc) is 2.85. The van der Waals surface area contributed by atoms with Crippen molar-refractivity contribution < 1.29 is 4.79 Å². The Balaban J connectivity index is 1.80. The normalized spacial score (nSPS) is 10.9. The van der Waals surface area contributed by atoms with E-state index in [1.54, 1.807) is 17.7 Å². The molecule has 1 aromatic carbocycles. The highest BCUT2D eigenvalue weighted by atomic mass is 79.9. The maximum absolute atomic E-state index is 12.5. The highest BCUT2D eigenvalue weighted by Gasteiger charge is 2.17. The Morgan fingerprint density at radius 2 is 2.04 bits per heavy atom. The van der Waals surface area contributed by atoms with Gasteiger partial charge in [-0.15, -0.1) is 11.3 Å². The van der Waals surface area contributed by atoms with Crippen molar-refractivity contribution in [2.45, 2.75) is 20.8 Å². The summed E-state index contributed by atoms with van der Waals surface area (Å²) in [4.78, 5) is 25.3. The molecule has 1 N–H and O–H groups in total. The fourth-order valence-electron chi connectivity index (χ4n) is 2.70. The van der Waals surface area contributed by atoms with Crippen LogP contribution in [-0.2, 0) is 4.79 Å². The summed E-state index contributed by atoms with van der Waals surface area (Å²) in [5.41, 5.74) is 3.00. The minimum absolute atomic E-state index is 0.0794.